The van der Waals surface area contributed by atoms with Gasteiger partial charge in [0.05, 0.1) is 12.0 Å². The minimum Gasteiger partial charge on any atom is -0.507 e. The van der Waals surface area contributed by atoms with E-state index in [9.17, 15) is 14.7 Å². The van der Waals surface area contributed by atoms with Gasteiger partial charge in [0.25, 0.3) is 5.91 Å². The first-order valence-electron chi connectivity index (χ1n) is 6.66. The lowest BCUT2D eigenvalue weighted by atomic mass is 10.1. The zero-order valence-corrected chi connectivity index (χ0v) is 14.5. The number of nitrogens with zero attached hydrogens (tertiary/aromatic N) is 2. The van der Waals surface area contributed by atoms with Crippen molar-refractivity contribution in [3.63, 3.8) is 0 Å². The number of phenolic OH excluding ortho intramolecular Hbond substituents is 1. The van der Waals surface area contributed by atoms with Crippen LogP contribution in [-0.4, -0.2) is 58.8 Å². The van der Waals surface area contributed by atoms with Crippen molar-refractivity contribution in [3.8, 4) is 11.5 Å². The Kier molecular flexibility index (Phi) is 5.27. The van der Waals surface area contributed by atoms with Gasteiger partial charge in [0.2, 0.25) is 5.91 Å². The first kappa shape index (κ1) is 17.3. The van der Waals surface area contributed by atoms with Crippen molar-refractivity contribution in [1.29, 1.82) is 0 Å². The third-order valence-electron chi connectivity index (χ3n) is 3.19. The summed E-state index contributed by atoms with van der Waals surface area (Å²) in [5.74, 6) is 0.0250. The second kappa shape index (κ2) is 7.01. The van der Waals surface area contributed by atoms with Crippen LogP contribution in [-0.2, 0) is 9.59 Å². The number of carbonyl (C=O) groups excluding carboxylic acids is 2. The van der Waals surface area contributed by atoms with E-state index in [1.807, 2.05) is 0 Å². The van der Waals surface area contributed by atoms with Crippen molar-refractivity contribution < 1.29 is 19.4 Å². The Bertz CT molecular complexity index is 701. The molecule has 1 N–H and O–H groups in total. The van der Waals surface area contributed by atoms with Gasteiger partial charge in [0, 0.05) is 19.7 Å². The lowest BCUT2D eigenvalue weighted by Crippen LogP contribution is -2.38. The number of carbonyl (C=O) groups is 2. The Morgan fingerprint density at radius 3 is 2.78 bits per heavy atom. The van der Waals surface area contributed by atoms with Crippen molar-refractivity contribution in [2.45, 2.75) is 0 Å². The van der Waals surface area contributed by atoms with Gasteiger partial charge >= 0.3 is 0 Å². The van der Waals surface area contributed by atoms with E-state index in [4.69, 9.17) is 17.0 Å². The van der Waals surface area contributed by atoms with Gasteiger partial charge in [-0.15, -0.1) is 0 Å². The Balaban J connectivity index is 2.27. The molecule has 1 aromatic carbocycles. The summed E-state index contributed by atoms with van der Waals surface area (Å²) in [5.41, 5.74) is 0.448. The number of aromatic hydroxyl groups is 1. The molecule has 0 spiro atoms. The molecule has 1 aliphatic heterocycles. The normalized spacial score (nSPS) is 16.1. The van der Waals surface area contributed by atoms with Crippen LogP contribution in [0.25, 0.3) is 6.08 Å². The number of hydrogen-bond acceptors (Lipinski definition) is 6. The van der Waals surface area contributed by atoms with Crippen LogP contribution >= 0.6 is 24.0 Å². The van der Waals surface area contributed by atoms with E-state index >= 15 is 0 Å². The molecule has 0 aromatic heterocycles. The molecule has 1 fully saturated rings. The van der Waals surface area contributed by atoms with Gasteiger partial charge in [-0.1, -0.05) is 24.0 Å². The van der Waals surface area contributed by atoms with Crippen molar-refractivity contribution in [3.05, 3.63) is 28.7 Å². The molecular formula is C15H16N2O4S2. The molecule has 2 rings (SSSR count). The summed E-state index contributed by atoms with van der Waals surface area (Å²) in [6.07, 6.45) is 1.54. The fraction of sp³-hybridized carbons (Fsp3) is 0.267. The van der Waals surface area contributed by atoms with Crippen molar-refractivity contribution in [1.82, 2.24) is 9.80 Å². The summed E-state index contributed by atoms with van der Waals surface area (Å²) in [4.78, 5) is 27.2. The van der Waals surface area contributed by atoms with E-state index in [0.717, 1.165) is 11.8 Å². The molecule has 122 valence electrons. The molecule has 1 heterocycles. The lowest BCUT2D eigenvalue weighted by Gasteiger charge is -2.17. The molecule has 1 aliphatic rings. The van der Waals surface area contributed by atoms with Crippen LogP contribution in [0.4, 0.5) is 0 Å². The first-order chi connectivity index (χ1) is 10.8. The number of amides is 2. The molecule has 8 heteroatoms. The van der Waals surface area contributed by atoms with Crippen LogP contribution in [0.3, 0.4) is 0 Å². The number of benzene rings is 1. The van der Waals surface area contributed by atoms with Gasteiger partial charge in [-0.2, -0.15) is 0 Å². The minimum absolute atomic E-state index is 0.0282. The van der Waals surface area contributed by atoms with Gasteiger partial charge in [-0.05, 0) is 24.3 Å². The smallest absolute Gasteiger partial charge is 0.266 e. The van der Waals surface area contributed by atoms with E-state index in [1.54, 1.807) is 26.2 Å². The molecule has 0 saturated carbocycles. The highest BCUT2D eigenvalue weighted by atomic mass is 32.2. The summed E-state index contributed by atoms with van der Waals surface area (Å²) < 4.78 is 5.42. The van der Waals surface area contributed by atoms with Crippen LogP contribution in [0.1, 0.15) is 5.56 Å². The van der Waals surface area contributed by atoms with Gasteiger partial charge in [0.1, 0.15) is 22.4 Å². The largest absolute Gasteiger partial charge is 0.507 e. The molecule has 0 bridgehead atoms. The number of phenols is 1. The quantitative estimate of drug-likeness (QED) is 0.657. The molecule has 23 heavy (non-hydrogen) atoms. The van der Waals surface area contributed by atoms with Crippen molar-refractivity contribution in [2.75, 3.05) is 27.7 Å². The van der Waals surface area contributed by atoms with Crippen LogP contribution in [0.5, 0.6) is 11.5 Å². The van der Waals surface area contributed by atoms with Crippen LogP contribution in [0, 0.1) is 0 Å². The number of likely N-dealkylation sites (N-methyl/N-ethyl adjacent to an activating group) is 1. The van der Waals surface area contributed by atoms with Gasteiger partial charge in [0.15, 0.2) is 0 Å². The van der Waals surface area contributed by atoms with Crippen molar-refractivity contribution in [2.24, 2.45) is 0 Å². The SMILES string of the molecule is COc1ccc(O)c(C=C2SC(=S)N(CC(=O)N(C)C)C2=O)c1. The number of rotatable bonds is 4. The Labute approximate surface area is 143 Å². The molecular weight excluding hydrogens is 336 g/mol. The zero-order valence-electron chi connectivity index (χ0n) is 12.9. The molecule has 0 radical (unpaired) electrons. The summed E-state index contributed by atoms with van der Waals surface area (Å²) >= 11 is 6.27. The molecule has 1 aromatic rings. The van der Waals surface area contributed by atoms with Gasteiger partial charge in [-0.3, -0.25) is 14.5 Å². The van der Waals surface area contributed by atoms with E-state index in [-0.39, 0.29) is 24.1 Å². The maximum absolute atomic E-state index is 12.4. The summed E-state index contributed by atoms with van der Waals surface area (Å²) in [5, 5.41) is 9.90. The molecule has 1 saturated heterocycles. The maximum Gasteiger partial charge on any atom is 0.266 e. The third kappa shape index (κ3) is 3.83. The number of methoxy groups -OCH3 is 1. The Morgan fingerprint density at radius 1 is 1.48 bits per heavy atom. The fourth-order valence-electron chi connectivity index (χ4n) is 1.83. The molecule has 0 unspecified atom stereocenters. The monoisotopic (exact) mass is 352 g/mol. The van der Waals surface area contributed by atoms with Crippen molar-refractivity contribution >= 4 is 46.2 Å². The lowest BCUT2D eigenvalue weighted by molar-refractivity contribution is -0.133. The topological polar surface area (TPSA) is 70.1 Å². The Hall–Kier alpha value is -2.06. The maximum atomic E-state index is 12.4. The predicted molar refractivity (Wildman–Crippen MR) is 93.2 cm³/mol. The Morgan fingerprint density at radius 2 is 2.17 bits per heavy atom. The highest BCUT2D eigenvalue weighted by Crippen LogP contribution is 2.34. The summed E-state index contributed by atoms with van der Waals surface area (Å²) in [6.45, 7) is -0.0981. The first-order valence-corrected chi connectivity index (χ1v) is 7.88. The molecule has 2 amide bonds. The number of thioether (sulfide) groups is 1. The standard InChI is InChI=1S/C15H16N2O4S2/c1-16(2)13(19)8-17-14(20)12(23-15(17)22)7-9-6-10(21-3)4-5-11(9)18/h4-7,18H,8H2,1-3H3. The third-order valence-corrected chi connectivity index (χ3v) is 4.56. The summed E-state index contributed by atoms with van der Waals surface area (Å²) in [7, 11) is 4.75. The number of ether oxygens (including phenoxy) is 1. The van der Waals surface area contributed by atoms with Gasteiger partial charge in [-0.25, -0.2) is 0 Å². The zero-order chi connectivity index (χ0) is 17.1. The second-order valence-corrected chi connectivity index (χ2v) is 6.66. The summed E-state index contributed by atoms with van der Waals surface area (Å²) in [6, 6.07) is 4.72. The average molecular weight is 352 g/mol. The van der Waals surface area contributed by atoms with Crippen LogP contribution in [0.2, 0.25) is 0 Å². The number of thiocarbonyl (C=S) groups is 1. The highest BCUT2D eigenvalue weighted by molar-refractivity contribution is 8.26. The van der Waals surface area contributed by atoms with E-state index in [2.05, 4.69) is 0 Å². The second-order valence-electron chi connectivity index (χ2n) is 4.98. The number of hydrogen-bond donors (Lipinski definition) is 1. The van der Waals surface area contributed by atoms with Crippen LogP contribution < -0.4 is 4.74 Å². The molecule has 0 atom stereocenters. The molecule has 0 aliphatic carbocycles. The minimum atomic E-state index is -0.350. The van der Waals surface area contributed by atoms with Crippen LogP contribution in [0.15, 0.2) is 23.1 Å². The van der Waals surface area contributed by atoms with E-state index < -0.39 is 0 Å². The average Bonchev–Trinajstić information content (AvgIpc) is 2.76. The fourth-order valence-corrected chi connectivity index (χ4v) is 3.08. The highest BCUT2D eigenvalue weighted by Gasteiger charge is 2.33. The van der Waals surface area contributed by atoms with E-state index in [1.165, 1.54) is 29.1 Å². The molecule has 6 nitrogen and oxygen atoms in total. The predicted octanol–water partition coefficient (Wildman–Crippen LogP) is 1.69. The van der Waals surface area contributed by atoms with Gasteiger partial charge < -0.3 is 14.7 Å². The van der Waals surface area contributed by atoms with E-state index in [0.29, 0.717) is 20.5 Å².